The maximum absolute atomic E-state index is 12.0. The fourth-order valence-corrected chi connectivity index (χ4v) is 2.36. The van der Waals surface area contributed by atoms with Crippen LogP contribution in [-0.4, -0.2) is 23.8 Å². The molecule has 2 aromatic carbocycles. The van der Waals surface area contributed by atoms with Gasteiger partial charge in [0.15, 0.2) is 0 Å². The Morgan fingerprint density at radius 2 is 1.50 bits per heavy atom. The van der Waals surface area contributed by atoms with E-state index in [-0.39, 0.29) is 25.4 Å². The lowest BCUT2D eigenvalue weighted by Crippen LogP contribution is -2.46. The summed E-state index contributed by atoms with van der Waals surface area (Å²) in [7, 11) is 0. The van der Waals surface area contributed by atoms with E-state index in [1.165, 1.54) is 0 Å². The first-order valence-corrected chi connectivity index (χ1v) is 8.37. The molecule has 0 aliphatic rings. The van der Waals surface area contributed by atoms with E-state index >= 15 is 0 Å². The molecule has 0 saturated heterocycles. The minimum Gasteiger partial charge on any atom is -0.461 e. The molecule has 2 rings (SSSR count). The highest BCUT2D eigenvalue weighted by Crippen LogP contribution is 2.05. The predicted octanol–water partition coefficient (Wildman–Crippen LogP) is 1.72. The molecule has 0 aliphatic carbocycles. The van der Waals surface area contributed by atoms with Crippen molar-refractivity contribution in [2.75, 3.05) is 0 Å². The number of hydrogen-bond donors (Lipinski definition) is 2. The van der Waals surface area contributed by atoms with E-state index in [0.29, 0.717) is 6.42 Å². The van der Waals surface area contributed by atoms with Crippen molar-refractivity contribution in [2.24, 2.45) is 5.73 Å². The molecule has 6 nitrogen and oxygen atoms in total. The van der Waals surface area contributed by atoms with E-state index in [4.69, 9.17) is 10.5 Å². The van der Waals surface area contributed by atoms with Gasteiger partial charge in [-0.15, -0.1) is 0 Å². The van der Waals surface area contributed by atoms with Crippen LogP contribution in [-0.2, 0) is 32.1 Å². The van der Waals surface area contributed by atoms with Gasteiger partial charge >= 0.3 is 5.97 Å². The van der Waals surface area contributed by atoms with E-state index in [1.807, 2.05) is 60.7 Å². The minimum absolute atomic E-state index is 0.104. The van der Waals surface area contributed by atoms with Gasteiger partial charge in [-0.25, -0.2) is 0 Å². The first kappa shape index (κ1) is 19.2. The zero-order chi connectivity index (χ0) is 18.8. The molecule has 0 heterocycles. The van der Waals surface area contributed by atoms with Gasteiger partial charge < -0.3 is 15.8 Å². The average molecular weight is 354 g/mol. The Kier molecular flexibility index (Phi) is 7.36. The van der Waals surface area contributed by atoms with Crippen LogP contribution in [0.5, 0.6) is 0 Å². The molecule has 0 spiro atoms. The second kappa shape index (κ2) is 9.98. The fourth-order valence-electron chi connectivity index (χ4n) is 2.36. The summed E-state index contributed by atoms with van der Waals surface area (Å²) in [5.41, 5.74) is 7.14. The standard InChI is InChI=1S/C20H22N2O4/c21-20(25)17(13-19(24)26-14-16-9-5-2-6-10-16)22-18(23)12-11-15-7-3-1-4-8-15/h1-10,17H,11-14H2,(H2,21,25)(H,22,23)/t17-/m1/s1. The number of nitrogens with one attached hydrogen (secondary N) is 1. The molecule has 0 aliphatic heterocycles. The smallest absolute Gasteiger partial charge is 0.308 e. The van der Waals surface area contributed by atoms with E-state index in [1.54, 1.807) is 0 Å². The number of benzene rings is 2. The van der Waals surface area contributed by atoms with Crippen molar-refractivity contribution in [3.8, 4) is 0 Å². The molecule has 2 amide bonds. The van der Waals surface area contributed by atoms with Crippen molar-refractivity contribution in [2.45, 2.75) is 31.9 Å². The largest absolute Gasteiger partial charge is 0.461 e. The van der Waals surface area contributed by atoms with Crippen molar-refractivity contribution in [3.63, 3.8) is 0 Å². The molecule has 1 atom stereocenters. The molecule has 0 bridgehead atoms. The number of carbonyl (C=O) groups is 3. The van der Waals surface area contributed by atoms with Crippen LogP contribution in [0.3, 0.4) is 0 Å². The summed E-state index contributed by atoms with van der Waals surface area (Å²) in [6.07, 6.45) is 0.447. The minimum atomic E-state index is -1.08. The Hall–Kier alpha value is -3.15. The Morgan fingerprint density at radius 1 is 0.923 bits per heavy atom. The lowest BCUT2D eigenvalue weighted by atomic mass is 10.1. The zero-order valence-electron chi connectivity index (χ0n) is 14.4. The second-order valence-electron chi connectivity index (χ2n) is 5.86. The summed E-state index contributed by atoms with van der Waals surface area (Å²) in [4.78, 5) is 35.5. The van der Waals surface area contributed by atoms with Gasteiger partial charge in [0, 0.05) is 6.42 Å². The summed E-state index contributed by atoms with van der Waals surface area (Å²) < 4.78 is 5.12. The van der Waals surface area contributed by atoms with Crippen LogP contribution in [0.15, 0.2) is 60.7 Å². The molecule has 26 heavy (non-hydrogen) atoms. The number of nitrogens with two attached hydrogens (primary N) is 1. The predicted molar refractivity (Wildman–Crippen MR) is 96.7 cm³/mol. The van der Waals surface area contributed by atoms with Gasteiger partial charge in [-0.1, -0.05) is 60.7 Å². The number of aryl methyl sites for hydroxylation is 1. The molecule has 6 heteroatoms. The molecular formula is C20H22N2O4. The van der Waals surface area contributed by atoms with Crippen molar-refractivity contribution < 1.29 is 19.1 Å². The Bertz CT molecular complexity index is 674. The number of carbonyl (C=O) groups excluding carboxylic acids is 3. The fraction of sp³-hybridized carbons (Fsp3) is 0.250. The van der Waals surface area contributed by atoms with Crippen molar-refractivity contribution in [1.29, 1.82) is 0 Å². The quantitative estimate of drug-likeness (QED) is 0.670. The third kappa shape index (κ3) is 6.76. The van der Waals surface area contributed by atoms with E-state index in [9.17, 15) is 14.4 Å². The molecule has 0 aromatic heterocycles. The van der Waals surface area contributed by atoms with Gasteiger partial charge in [0.1, 0.15) is 12.6 Å². The van der Waals surface area contributed by atoms with Gasteiger partial charge in [0.2, 0.25) is 11.8 Å². The Morgan fingerprint density at radius 3 is 2.08 bits per heavy atom. The second-order valence-corrected chi connectivity index (χ2v) is 5.86. The third-order valence-corrected chi connectivity index (χ3v) is 3.78. The SMILES string of the molecule is NC(=O)[C@@H](CC(=O)OCc1ccccc1)NC(=O)CCc1ccccc1. The first-order chi connectivity index (χ1) is 12.5. The molecule has 0 fully saturated rings. The van der Waals surface area contributed by atoms with Gasteiger partial charge in [0.25, 0.3) is 0 Å². The highest BCUT2D eigenvalue weighted by molar-refractivity contribution is 5.90. The van der Waals surface area contributed by atoms with Gasteiger partial charge in [-0.05, 0) is 17.5 Å². The summed E-state index contributed by atoms with van der Waals surface area (Å²) in [6, 6.07) is 17.6. The monoisotopic (exact) mass is 354 g/mol. The van der Waals surface area contributed by atoms with Gasteiger partial charge in [-0.3, -0.25) is 14.4 Å². The van der Waals surface area contributed by atoms with Crippen LogP contribution < -0.4 is 11.1 Å². The number of rotatable bonds is 9. The topological polar surface area (TPSA) is 98.5 Å². The summed E-state index contributed by atoms with van der Waals surface area (Å²) in [6.45, 7) is 0.104. The number of hydrogen-bond acceptors (Lipinski definition) is 4. The van der Waals surface area contributed by atoms with Crippen LogP contribution >= 0.6 is 0 Å². The molecule has 2 aromatic rings. The summed E-state index contributed by atoms with van der Waals surface area (Å²) in [5, 5.41) is 2.50. The molecule has 3 N–H and O–H groups in total. The van der Waals surface area contributed by atoms with Crippen LogP contribution in [0.1, 0.15) is 24.0 Å². The Labute approximate surface area is 152 Å². The summed E-state index contributed by atoms with van der Waals surface area (Å²) >= 11 is 0. The summed E-state index contributed by atoms with van der Waals surface area (Å²) in [5.74, 6) is -1.70. The molecule has 0 saturated carbocycles. The van der Waals surface area contributed by atoms with Crippen molar-refractivity contribution >= 4 is 17.8 Å². The molecule has 0 radical (unpaired) electrons. The van der Waals surface area contributed by atoms with Crippen LogP contribution in [0, 0.1) is 0 Å². The highest BCUT2D eigenvalue weighted by atomic mass is 16.5. The molecule has 0 unspecified atom stereocenters. The lowest BCUT2D eigenvalue weighted by molar-refractivity contribution is -0.147. The van der Waals surface area contributed by atoms with Crippen LogP contribution in [0.25, 0.3) is 0 Å². The van der Waals surface area contributed by atoms with Crippen LogP contribution in [0.2, 0.25) is 0 Å². The van der Waals surface area contributed by atoms with Crippen molar-refractivity contribution in [1.82, 2.24) is 5.32 Å². The lowest BCUT2D eigenvalue weighted by Gasteiger charge is -2.15. The number of esters is 1. The number of ether oxygens (including phenoxy) is 1. The number of primary amides is 1. The third-order valence-electron chi connectivity index (χ3n) is 3.78. The number of amides is 2. The van der Waals surface area contributed by atoms with Gasteiger partial charge in [0.05, 0.1) is 6.42 Å². The van der Waals surface area contributed by atoms with Crippen LogP contribution in [0.4, 0.5) is 0 Å². The van der Waals surface area contributed by atoms with Gasteiger partial charge in [-0.2, -0.15) is 0 Å². The molecular weight excluding hydrogens is 332 g/mol. The maximum atomic E-state index is 12.0. The highest BCUT2D eigenvalue weighted by Gasteiger charge is 2.22. The van der Waals surface area contributed by atoms with E-state index in [2.05, 4.69) is 5.32 Å². The maximum Gasteiger partial charge on any atom is 0.308 e. The van der Waals surface area contributed by atoms with Crippen molar-refractivity contribution in [3.05, 3.63) is 71.8 Å². The zero-order valence-corrected chi connectivity index (χ0v) is 14.4. The first-order valence-electron chi connectivity index (χ1n) is 8.37. The normalized spacial score (nSPS) is 11.4. The average Bonchev–Trinajstić information content (AvgIpc) is 2.66. The Balaban J connectivity index is 1.78. The molecule has 136 valence electrons. The van der Waals surface area contributed by atoms with E-state index < -0.39 is 17.9 Å². The van der Waals surface area contributed by atoms with E-state index in [0.717, 1.165) is 11.1 Å².